The van der Waals surface area contributed by atoms with E-state index in [2.05, 4.69) is 15.7 Å². The van der Waals surface area contributed by atoms with Crippen molar-refractivity contribution in [2.45, 2.75) is 26.4 Å². The molecule has 1 aromatic heterocycles. The van der Waals surface area contributed by atoms with Crippen LogP contribution in [0, 0.1) is 11.7 Å². The Hall–Kier alpha value is -2.41. The number of hydrogen-bond donors (Lipinski definition) is 3. The Balaban J connectivity index is 1.99. The normalized spacial score (nSPS) is 12.2. The Labute approximate surface area is 134 Å². The highest BCUT2D eigenvalue weighted by atomic mass is 19.1. The lowest BCUT2D eigenvalue weighted by Gasteiger charge is -2.15. The maximum absolute atomic E-state index is 13.5. The molecule has 2 amide bonds. The Kier molecular flexibility index (Phi) is 5.70. The molecule has 0 saturated carbocycles. The number of carbonyl (C=O) groups is 1. The van der Waals surface area contributed by atoms with E-state index in [1.165, 1.54) is 16.8 Å². The van der Waals surface area contributed by atoms with Crippen LogP contribution in [0.5, 0.6) is 0 Å². The van der Waals surface area contributed by atoms with Gasteiger partial charge in [-0.05, 0) is 36.6 Å². The first-order valence-electron chi connectivity index (χ1n) is 7.50. The summed E-state index contributed by atoms with van der Waals surface area (Å²) in [4.78, 5) is 11.9. The zero-order chi connectivity index (χ0) is 16.8. The molecule has 0 unspecified atom stereocenters. The number of halogens is 1. The molecule has 0 aliphatic heterocycles. The minimum atomic E-state index is -0.468. The average Bonchev–Trinajstić information content (AvgIpc) is 3.01. The smallest absolute Gasteiger partial charge is 0.319 e. The molecule has 1 atom stereocenters. The van der Waals surface area contributed by atoms with Crippen molar-refractivity contribution >= 4 is 11.7 Å². The van der Waals surface area contributed by atoms with Gasteiger partial charge in [0.2, 0.25) is 0 Å². The molecule has 6 nitrogen and oxygen atoms in total. The number of aliphatic hydroxyl groups is 1. The van der Waals surface area contributed by atoms with E-state index in [-0.39, 0.29) is 5.92 Å². The van der Waals surface area contributed by atoms with Crippen LogP contribution in [-0.2, 0) is 0 Å². The lowest BCUT2D eigenvalue weighted by molar-refractivity contribution is 0.117. The predicted molar refractivity (Wildman–Crippen MR) is 86.0 cm³/mol. The highest BCUT2D eigenvalue weighted by molar-refractivity contribution is 5.91. The van der Waals surface area contributed by atoms with Gasteiger partial charge < -0.3 is 15.7 Å². The molecule has 0 saturated heterocycles. The number of urea groups is 1. The first kappa shape index (κ1) is 17.0. The second kappa shape index (κ2) is 7.73. The maximum atomic E-state index is 13.5. The van der Waals surface area contributed by atoms with Gasteiger partial charge in [0, 0.05) is 18.9 Å². The van der Waals surface area contributed by atoms with Crippen molar-refractivity contribution in [3.63, 3.8) is 0 Å². The molecule has 1 aromatic carbocycles. The predicted octanol–water partition coefficient (Wildman–Crippen LogP) is 2.54. The molecule has 2 rings (SSSR count). The number of aliphatic hydroxyl groups excluding tert-OH is 1. The summed E-state index contributed by atoms with van der Waals surface area (Å²) in [5.41, 5.74) is 0.879. The molecule has 0 radical (unpaired) electrons. The summed E-state index contributed by atoms with van der Waals surface area (Å²) in [6.45, 7) is 4.15. The number of rotatable bonds is 6. The minimum Gasteiger partial charge on any atom is -0.393 e. The minimum absolute atomic E-state index is 0.134. The van der Waals surface area contributed by atoms with Gasteiger partial charge in [0.05, 0.1) is 17.5 Å². The standard InChI is InChI=1S/C16H21FN4O2/c1-11(2)15(22)6-8-18-16(23)20-13-10-12(17)4-5-14(13)21-9-3-7-19-21/h3-5,7,9-11,15,22H,6,8H2,1-2H3,(H2,18,20,23)/t15-/m1/s1. The van der Waals surface area contributed by atoms with E-state index >= 15 is 0 Å². The first-order valence-corrected chi connectivity index (χ1v) is 7.50. The Morgan fingerprint density at radius 3 is 2.87 bits per heavy atom. The van der Waals surface area contributed by atoms with Gasteiger partial charge in [0.15, 0.2) is 0 Å². The van der Waals surface area contributed by atoms with Gasteiger partial charge in [0.1, 0.15) is 5.82 Å². The molecular weight excluding hydrogens is 299 g/mol. The first-order chi connectivity index (χ1) is 11.0. The Morgan fingerprint density at radius 1 is 1.43 bits per heavy atom. The maximum Gasteiger partial charge on any atom is 0.319 e. The van der Waals surface area contributed by atoms with Gasteiger partial charge in [-0.1, -0.05) is 13.8 Å². The van der Waals surface area contributed by atoms with E-state index in [4.69, 9.17) is 0 Å². The molecule has 0 fully saturated rings. The van der Waals surface area contributed by atoms with E-state index in [1.807, 2.05) is 13.8 Å². The van der Waals surface area contributed by atoms with Crippen LogP contribution in [0.4, 0.5) is 14.9 Å². The second-order valence-electron chi connectivity index (χ2n) is 5.59. The average molecular weight is 320 g/mol. The largest absolute Gasteiger partial charge is 0.393 e. The number of benzene rings is 1. The number of aromatic nitrogens is 2. The van der Waals surface area contributed by atoms with E-state index in [0.29, 0.717) is 24.3 Å². The van der Waals surface area contributed by atoms with E-state index in [0.717, 1.165) is 0 Å². The molecular formula is C16H21FN4O2. The number of nitrogens with zero attached hydrogens (tertiary/aromatic N) is 2. The molecule has 1 heterocycles. The van der Waals surface area contributed by atoms with Crippen LogP contribution < -0.4 is 10.6 Å². The zero-order valence-electron chi connectivity index (χ0n) is 13.2. The fourth-order valence-electron chi connectivity index (χ4n) is 2.05. The van der Waals surface area contributed by atoms with Crippen molar-refractivity contribution < 1.29 is 14.3 Å². The lowest BCUT2D eigenvalue weighted by Crippen LogP contribution is -2.32. The third-order valence-electron chi connectivity index (χ3n) is 3.45. The van der Waals surface area contributed by atoms with Gasteiger partial charge >= 0.3 is 6.03 Å². The molecule has 23 heavy (non-hydrogen) atoms. The van der Waals surface area contributed by atoms with Crippen molar-refractivity contribution in [1.29, 1.82) is 0 Å². The van der Waals surface area contributed by atoms with Crippen LogP contribution in [0.15, 0.2) is 36.7 Å². The molecule has 0 aliphatic rings. The summed E-state index contributed by atoms with van der Waals surface area (Å²) in [7, 11) is 0. The fraction of sp³-hybridized carbons (Fsp3) is 0.375. The van der Waals surface area contributed by atoms with Gasteiger partial charge in [-0.15, -0.1) is 0 Å². The lowest BCUT2D eigenvalue weighted by atomic mass is 10.0. The quantitative estimate of drug-likeness (QED) is 0.765. The monoisotopic (exact) mass is 320 g/mol. The summed E-state index contributed by atoms with van der Waals surface area (Å²) in [5, 5.41) is 19.0. The molecule has 0 spiro atoms. The number of nitrogens with one attached hydrogen (secondary N) is 2. The molecule has 3 N–H and O–H groups in total. The van der Waals surface area contributed by atoms with Crippen molar-refractivity contribution in [3.8, 4) is 5.69 Å². The van der Waals surface area contributed by atoms with Crippen LogP contribution in [0.1, 0.15) is 20.3 Å². The van der Waals surface area contributed by atoms with Crippen molar-refractivity contribution in [3.05, 3.63) is 42.5 Å². The highest BCUT2D eigenvalue weighted by Gasteiger charge is 2.12. The van der Waals surface area contributed by atoms with Crippen LogP contribution in [0.25, 0.3) is 5.69 Å². The summed E-state index contributed by atoms with van der Waals surface area (Å²) in [6, 6.07) is 5.36. The molecule has 124 valence electrons. The van der Waals surface area contributed by atoms with Crippen LogP contribution >= 0.6 is 0 Å². The van der Waals surface area contributed by atoms with E-state index < -0.39 is 18.0 Å². The van der Waals surface area contributed by atoms with Crippen LogP contribution in [0.2, 0.25) is 0 Å². The number of amides is 2. The Bertz CT molecular complexity index is 644. The molecule has 7 heteroatoms. The van der Waals surface area contributed by atoms with Gasteiger partial charge in [0.25, 0.3) is 0 Å². The molecule has 0 aliphatic carbocycles. The highest BCUT2D eigenvalue weighted by Crippen LogP contribution is 2.20. The third kappa shape index (κ3) is 4.79. The fourth-order valence-corrected chi connectivity index (χ4v) is 2.05. The van der Waals surface area contributed by atoms with Crippen molar-refractivity contribution in [2.24, 2.45) is 5.92 Å². The van der Waals surface area contributed by atoms with E-state index in [9.17, 15) is 14.3 Å². The van der Waals surface area contributed by atoms with Crippen molar-refractivity contribution in [2.75, 3.05) is 11.9 Å². The number of anilines is 1. The van der Waals surface area contributed by atoms with Gasteiger partial charge in [-0.3, -0.25) is 0 Å². The van der Waals surface area contributed by atoms with Gasteiger partial charge in [-0.2, -0.15) is 5.10 Å². The SMILES string of the molecule is CC(C)[C@H](O)CCNC(=O)Nc1cc(F)ccc1-n1cccn1. The summed E-state index contributed by atoms with van der Waals surface area (Å²) < 4.78 is 15.0. The topological polar surface area (TPSA) is 79.2 Å². The van der Waals surface area contributed by atoms with Crippen LogP contribution in [-0.4, -0.2) is 33.6 Å². The molecule has 2 aromatic rings. The number of carbonyl (C=O) groups excluding carboxylic acids is 1. The summed E-state index contributed by atoms with van der Waals surface area (Å²) in [6.07, 6.45) is 3.29. The summed E-state index contributed by atoms with van der Waals surface area (Å²) >= 11 is 0. The second-order valence-corrected chi connectivity index (χ2v) is 5.59. The summed E-state index contributed by atoms with van der Waals surface area (Å²) in [5.74, 6) is -0.319. The number of hydrogen-bond acceptors (Lipinski definition) is 3. The van der Waals surface area contributed by atoms with Crippen LogP contribution in [0.3, 0.4) is 0 Å². The van der Waals surface area contributed by atoms with Crippen molar-refractivity contribution in [1.82, 2.24) is 15.1 Å². The molecule has 0 bridgehead atoms. The Morgan fingerprint density at radius 2 is 2.22 bits per heavy atom. The van der Waals surface area contributed by atoms with E-state index in [1.54, 1.807) is 24.5 Å². The third-order valence-corrected chi connectivity index (χ3v) is 3.45. The zero-order valence-corrected chi connectivity index (χ0v) is 13.2. The van der Waals surface area contributed by atoms with Gasteiger partial charge in [-0.25, -0.2) is 13.9 Å².